The maximum atomic E-state index is 5.60. The Morgan fingerprint density at radius 3 is 3.08 bits per heavy atom. The van der Waals surface area contributed by atoms with Crippen LogP contribution in [0.25, 0.3) is 0 Å². The Morgan fingerprint density at radius 1 is 1.58 bits per heavy atom. The van der Waals surface area contributed by atoms with Crippen LogP contribution in [0.15, 0.2) is 4.47 Å². The fourth-order valence-corrected chi connectivity index (χ4v) is 3.31. The first-order valence-electron chi connectivity index (χ1n) is 3.89. The van der Waals surface area contributed by atoms with Gasteiger partial charge in [-0.05, 0) is 15.9 Å². The first kappa shape index (κ1) is 8.69. The van der Waals surface area contributed by atoms with Crippen molar-refractivity contribution in [2.24, 2.45) is 5.73 Å². The van der Waals surface area contributed by atoms with Gasteiger partial charge < -0.3 is 10.5 Å². The number of rotatable bonds is 1. The molecule has 0 saturated heterocycles. The lowest BCUT2D eigenvalue weighted by Crippen LogP contribution is -2.06. The van der Waals surface area contributed by atoms with Gasteiger partial charge in [0, 0.05) is 32.8 Å². The van der Waals surface area contributed by atoms with Gasteiger partial charge in [-0.25, -0.2) is 0 Å². The second-order valence-electron chi connectivity index (χ2n) is 2.75. The largest absolute Gasteiger partial charge is 0.376 e. The molecule has 1 aliphatic rings. The zero-order valence-corrected chi connectivity index (χ0v) is 9.00. The van der Waals surface area contributed by atoms with Crippen molar-refractivity contribution in [2.75, 3.05) is 6.61 Å². The van der Waals surface area contributed by atoms with Gasteiger partial charge in [-0.2, -0.15) is 0 Å². The van der Waals surface area contributed by atoms with Crippen molar-refractivity contribution in [3.8, 4) is 0 Å². The zero-order chi connectivity index (χ0) is 8.55. The number of ether oxygens (including phenoxy) is 1. The van der Waals surface area contributed by atoms with Crippen LogP contribution in [0.1, 0.15) is 15.3 Å². The van der Waals surface area contributed by atoms with E-state index in [1.165, 1.54) is 19.8 Å². The lowest BCUT2D eigenvalue weighted by molar-refractivity contribution is 0.111. The Labute approximate surface area is 83.8 Å². The molecule has 12 heavy (non-hydrogen) atoms. The zero-order valence-electron chi connectivity index (χ0n) is 6.60. The molecule has 66 valence electrons. The summed E-state index contributed by atoms with van der Waals surface area (Å²) in [6.45, 7) is 2.22. The molecule has 0 atom stereocenters. The summed E-state index contributed by atoms with van der Waals surface area (Å²) >= 11 is 5.36. The number of hydrogen-bond acceptors (Lipinski definition) is 3. The fourth-order valence-electron chi connectivity index (χ4n) is 1.36. The van der Waals surface area contributed by atoms with Crippen LogP contribution in [0.2, 0.25) is 0 Å². The number of thiophene rings is 1. The first-order chi connectivity index (χ1) is 5.83. The van der Waals surface area contributed by atoms with E-state index >= 15 is 0 Å². The molecule has 0 spiro atoms. The van der Waals surface area contributed by atoms with Gasteiger partial charge in [-0.15, -0.1) is 11.3 Å². The molecule has 2 heterocycles. The predicted octanol–water partition coefficient (Wildman–Crippen LogP) is 2.04. The minimum Gasteiger partial charge on any atom is -0.376 e. The van der Waals surface area contributed by atoms with Gasteiger partial charge in [-0.3, -0.25) is 0 Å². The maximum absolute atomic E-state index is 5.60. The molecule has 0 radical (unpaired) electrons. The lowest BCUT2D eigenvalue weighted by atomic mass is 10.2. The smallest absolute Gasteiger partial charge is 0.0739 e. The van der Waals surface area contributed by atoms with E-state index in [4.69, 9.17) is 10.5 Å². The number of halogens is 1. The highest BCUT2D eigenvalue weighted by atomic mass is 79.9. The van der Waals surface area contributed by atoms with E-state index in [-0.39, 0.29) is 0 Å². The highest BCUT2D eigenvalue weighted by molar-refractivity contribution is 9.10. The van der Waals surface area contributed by atoms with Gasteiger partial charge in [0.1, 0.15) is 0 Å². The van der Waals surface area contributed by atoms with Crippen molar-refractivity contribution in [3.05, 3.63) is 19.8 Å². The highest BCUT2D eigenvalue weighted by Gasteiger charge is 2.18. The van der Waals surface area contributed by atoms with Crippen molar-refractivity contribution in [2.45, 2.75) is 19.6 Å². The molecule has 2 rings (SSSR count). The minimum atomic E-state index is 0.623. The summed E-state index contributed by atoms with van der Waals surface area (Å²) in [5.41, 5.74) is 6.91. The summed E-state index contributed by atoms with van der Waals surface area (Å²) < 4.78 is 6.54. The summed E-state index contributed by atoms with van der Waals surface area (Å²) in [6, 6.07) is 0. The summed E-state index contributed by atoms with van der Waals surface area (Å²) in [5, 5.41) is 0. The molecule has 0 bridgehead atoms. The van der Waals surface area contributed by atoms with Crippen LogP contribution >= 0.6 is 27.3 Å². The van der Waals surface area contributed by atoms with Crippen molar-refractivity contribution in [1.82, 2.24) is 0 Å². The summed E-state index contributed by atoms with van der Waals surface area (Å²) in [7, 11) is 0. The second-order valence-corrected chi connectivity index (χ2v) is 4.73. The summed E-state index contributed by atoms with van der Waals surface area (Å²) in [6.07, 6.45) is 1.04. The van der Waals surface area contributed by atoms with Crippen LogP contribution in [-0.2, 0) is 24.3 Å². The van der Waals surface area contributed by atoms with Crippen LogP contribution in [0.3, 0.4) is 0 Å². The van der Waals surface area contributed by atoms with Crippen molar-refractivity contribution in [3.63, 3.8) is 0 Å². The van der Waals surface area contributed by atoms with Gasteiger partial charge >= 0.3 is 0 Å². The van der Waals surface area contributed by atoms with E-state index in [9.17, 15) is 0 Å². The molecule has 1 aliphatic heterocycles. The fraction of sp³-hybridized carbons (Fsp3) is 0.500. The molecule has 0 fully saturated rings. The molecule has 0 saturated carbocycles. The molecule has 1 aromatic rings. The Balaban J connectivity index is 2.44. The first-order valence-corrected chi connectivity index (χ1v) is 5.50. The predicted molar refractivity (Wildman–Crippen MR) is 53.3 cm³/mol. The van der Waals surface area contributed by atoms with E-state index in [0.29, 0.717) is 6.54 Å². The summed E-state index contributed by atoms with van der Waals surface area (Å²) in [5.74, 6) is 0. The molecule has 2 N–H and O–H groups in total. The molecule has 0 aromatic carbocycles. The topological polar surface area (TPSA) is 35.2 Å². The van der Waals surface area contributed by atoms with E-state index < -0.39 is 0 Å². The van der Waals surface area contributed by atoms with Crippen LogP contribution in [0.5, 0.6) is 0 Å². The van der Waals surface area contributed by atoms with E-state index in [1.54, 1.807) is 0 Å². The third kappa shape index (κ3) is 1.33. The SMILES string of the molecule is NCc1sc2c(c1Br)COCC2. The maximum Gasteiger partial charge on any atom is 0.0739 e. The van der Waals surface area contributed by atoms with E-state index in [0.717, 1.165) is 19.6 Å². The van der Waals surface area contributed by atoms with Gasteiger partial charge in [0.05, 0.1) is 13.2 Å². The van der Waals surface area contributed by atoms with Crippen LogP contribution < -0.4 is 5.73 Å². The molecular weight excluding hydrogens is 238 g/mol. The third-order valence-corrected chi connectivity index (χ3v) is 4.53. The van der Waals surface area contributed by atoms with Crippen molar-refractivity contribution >= 4 is 27.3 Å². The monoisotopic (exact) mass is 247 g/mol. The number of nitrogens with two attached hydrogens (primary N) is 1. The second kappa shape index (κ2) is 3.46. The standard InChI is InChI=1S/C8H10BrNOS/c9-8-5-4-11-2-1-6(5)12-7(8)3-10/h1-4,10H2. The van der Waals surface area contributed by atoms with E-state index in [1.807, 2.05) is 11.3 Å². The average Bonchev–Trinajstić information content (AvgIpc) is 2.44. The van der Waals surface area contributed by atoms with Gasteiger partial charge in [0.25, 0.3) is 0 Å². The Morgan fingerprint density at radius 2 is 2.42 bits per heavy atom. The quantitative estimate of drug-likeness (QED) is 0.825. The minimum absolute atomic E-state index is 0.623. The number of hydrogen-bond donors (Lipinski definition) is 1. The van der Waals surface area contributed by atoms with Gasteiger partial charge in [0.15, 0.2) is 0 Å². The molecular formula is C8H10BrNOS. The Bertz CT molecular complexity index is 297. The van der Waals surface area contributed by atoms with Crippen molar-refractivity contribution < 1.29 is 4.74 Å². The highest BCUT2D eigenvalue weighted by Crippen LogP contribution is 2.35. The number of fused-ring (bicyclic) bond motifs is 1. The van der Waals surface area contributed by atoms with Crippen LogP contribution in [-0.4, -0.2) is 6.61 Å². The molecule has 0 amide bonds. The molecule has 1 aromatic heterocycles. The van der Waals surface area contributed by atoms with Gasteiger partial charge in [-0.1, -0.05) is 0 Å². The normalized spacial score (nSPS) is 16.2. The summed E-state index contributed by atoms with van der Waals surface area (Å²) in [4.78, 5) is 2.68. The average molecular weight is 248 g/mol. The molecule has 2 nitrogen and oxygen atoms in total. The molecule has 0 unspecified atom stereocenters. The van der Waals surface area contributed by atoms with Crippen LogP contribution in [0.4, 0.5) is 0 Å². The van der Waals surface area contributed by atoms with Crippen LogP contribution in [0, 0.1) is 0 Å². The van der Waals surface area contributed by atoms with E-state index in [2.05, 4.69) is 15.9 Å². The molecule has 0 aliphatic carbocycles. The third-order valence-electron chi connectivity index (χ3n) is 2.00. The molecule has 4 heteroatoms. The van der Waals surface area contributed by atoms with Gasteiger partial charge in [0.2, 0.25) is 0 Å². The Kier molecular flexibility index (Phi) is 2.50. The Hall–Kier alpha value is 0.1000. The lowest BCUT2D eigenvalue weighted by Gasteiger charge is -2.11. The van der Waals surface area contributed by atoms with Crippen molar-refractivity contribution in [1.29, 1.82) is 0 Å².